The minimum atomic E-state index is -2.92. The van der Waals surface area contributed by atoms with E-state index in [1.807, 2.05) is 0 Å². The lowest BCUT2D eigenvalue weighted by molar-refractivity contribution is -0.136. The van der Waals surface area contributed by atoms with E-state index >= 15 is 0 Å². The third-order valence-electron chi connectivity index (χ3n) is 1.42. The molecule has 0 aliphatic heterocycles. The van der Waals surface area contributed by atoms with Crippen molar-refractivity contribution in [1.29, 1.82) is 0 Å². The third kappa shape index (κ3) is 2.12. The van der Waals surface area contributed by atoms with Crippen molar-refractivity contribution < 1.29 is 19.0 Å². The summed E-state index contributed by atoms with van der Waals surface area (Å²) in [5.41, 5.74) is -0.919. The van der Waals surface area contributed by atoms with Crippen LogP contribution in [0.5, 0.6) is 0 Å². The first-order valence-corrected chi connectivity index (χ1v) is 4.91. The molecule has 0 rings (SSSR count). The largest absolute Gasteiger partial charge is 0.481 e. The van der Waals surface area contributed by atoms with E-state index in [4.69, 9.17) is 5.11 Å². The Balaban J connectivity index is 4.33. The summed E-state index contributed by atoms with van der Waals surface area (Å²) in [6, 6.07) is 0. The minimum Gasteiger partial charge on any atom is -0.481 e. The van der Waals surface area contributed by atoms with Crippen LogP contribution in [0.15, 0.2) is 0 Å². The lowest BCUT2D eigenvalue weighted by Crippen LogP contribution is -2.16. The van der Waals surface area contributed by atoms with E-state index in [1.165, 1.54) is 20.7 Å². The molecule has 0 spiro atoms. The second-order valence-electron chi connectivity index (χ2n) is 2.11. The lowest BCUT2D eigenvalue weighted by Gasteiger charge is -2.13. The van der Waals surface area contributed by atoms with Crippen LogP contribution in [0.3, 0.4) is 0 Å². The summed E-state index contributed by atoms with van der Waals surface area (Å²) in [4.78, 5) is 10.3. The molecule has 0 amide bonds. The first-order chi connectivity index (χ1) is 4.41. The van der Waals surface area contributed by atoms with Crippen LogP contribution >= 0.6 is 7.37 Å². The van der Waals surface area contributed by atoms with Gasteiger partial charge in [-0.1, -0.05) is 0 Å². The number of rotatable bonds is 3. The fourth-order valence-corrected chi connectivity index (χ4v) is 1.08. The Hall–Kier alpha value is -0.340. The van der Waals surface area contributed by atoms with Gasteiger partial charge in [-0.25, -0.2) is 0 Å². The summed E-state index contributed by atoms with van der Waals surface area (Å²) in [6.07, 6.45) is 0. The third-order valence-corrected chi connectivity index (χ3v) is 3.78. The van der Waals surface area contributed by atoms with Gasteiger partial charge in [-0.05, 0) is 6.92 Å². The lowest BCUT2D eigenvalue weighted by atomic mass is 10.5. The van der Waals surface area contributed by atoms with Crippen molar-refractivity contribution in [2.75, 3.05) is 13.8 Å². The quantitative estimate of drug-likeness (QED) is 0.635. The molecule has 5 heteroatoms. The Bertz CT molecular complexity index is 176. The second kappa shape index (κ2) is 3.17. The van der Waals surface area contributed by atoms with Gasteiger partial charge in [0.1, 0.15) is 5.66 Å². The molecule has 2 unspecified atom stereocenters. The molecule has 0 saturated heterocycles. The van der Waals surface area contributed by atoms with Crippen molar-refractivity contribution in [2.24, 2.45) is 0 Å². The summed E-state index contributed by atoms with van der Waals surface area (Å²) in [6.45, 7) is 2.68. The zero-order chi connectivity index (χ0) is 8.36. The van der Waals surface area contributed by atoms with E-state index in [-0.39, 0.29) is 0 Å². The predicted octanol–water partition coefficient (Wildman–Crippen LogP) is 1.01. The van der Waals surface area contributed by atoms with Gasteiger partial charge >= 0.3 is 5.97 Å². The Morgan fingerprint density at radius 1 is 1.70 bits per heavy atom. The smallest absolute Gasteiger partial charge is 0.316 e. The number of aliphatic carboxylic acids is 1. The van der Waals surface area contributed by atoms with Crippen LogP contribution in [-0.2, 0) is 13.9 Å². The fraction of sp³-hybridized carbons (Fsp3) is 0.800. The molecule has 0 fully saturated rings. The van der Waals surface area contributed by atoms with Gasteiger partial charge in [-0.3, -0.25) is 9.36 Å². The highest BCUT2D eigenvalue weighted by Gasteiger charge is 2.29. The zero-order valence-corrected chi connectivity index (χ0v) is 7.09. The van der Waals surface area contributed by atoms with E-state index in [0.29, 0.717) is 0 Å². The maximum atomic E-state index is 11.1. The van der Waals surface area contributed by atoms with Crippen molar-refractivity contribution in [3.8, 4) is 0 Å². The van der Waals surface area contributed by atoms with Gasteiger partial charge in [-0.2, -0.15) is 0 Å². The average Bonchev–Trinajstić information content (AvgIpc) is 1.86. The molecule has 0 saturated carbocycles. The van der Waals surface area contributed by atoms with Crippen molar-refractivity contribution in [1.82, 2.24) is 0 Å². The molecule has 0 aromatic rings. The number of hydrogen-bond acceptors (Lipinski definition) is 3. The Labute approximate surface area is 59.6 Å². The summed E-state index contributed by atoms with van der Waals surface area (Å²) in [5, 5.41) is 8.40. The monoisotopic (exact) mass is 166 g/mol. The van der Waals surface area contributed by atoms with Crippen LogP contribution in [-0.4, -0.2) is 30.5 Å². The highest BCUT2D eigenvalue weighted by atomic mass is 31.2. The standard InChI is InChI=1S/C5H11O4P/c1-4(5(6)7)10(3,8)9-2/h4H,1-3H3,(H,6,7). The van der Waals surface area contributed by atoms with Crippen LogP contribution in [0.1, 0.15) is 6.92 Å². The second-order valence-corrected chi connectivity index (χ2v) is 5.06. The van der Waals surface area contributed by atoms with Crippen molar-refractivity contribution >= 4 is 13.3 Å². The summed E-state index contributed by atoms with van der Waals surface area (Å²) in [5.74, 6) is -1.09. The van der Waals surface area contributed by atoms with Crippen LogP contribution < -0.4 is 0 Å². The van der Waals surface area contributed by atoms with E-state index in [9.17, 15) is 9.36 Å². The predicted molar refractivity (Wildman–Crippen MR) is 37.6 cm³/mol. The number of hydrogen-bond donors (Lipinski definition) is 1. The Morgan fingerprint density at radius 3 is 2.20 bits per heavy atom. The van der Waals surface area contributed by atoms with Gasteiger partial charge in [0.25, 0.3) is 0 Å². The summed E-state index contributed by atoms with van der Waals surface area (Å²) < 4.78 is 15.7. The number of carboxylic acids is 1. The highest BCUT2D eigenvalue weighted by molar-refractivity contribution is 7.59. The average molecular weight is 166 g/mol. The highest BCUT2D eigenvalue weighted by Crippen LogP contribution is 2.46. The molecule has 0 aliphatic carbocycles. The van der Waals surface area contributed by atoms with E-state index in [1.54, 1.807) is 0 Å². The van der Waals surface area contributed by atoms with E-state index in [2.05, 4.69) is 4.52 Å². The molecule has 4 nitrogen and oxygen atoms in total. The molecule has 0 bridgehead atoms. The topological polar surface area (TPSA) is 63.6 Å². The molecule has 0 aliphatic rings. The van der Waals surface area contributed by atoms with Crippen molar-refractivity contribution in [3.63, 3.8) is 0 Å². The summed E-state index contributed by atoms with van der Waals surface area (Å²) >= 11 is 0. The molecule has 10 heavy (non-hydrogen) atoms. The maximum Gasteiger partial charge on any atom is 0.316 e. The van der Waals surface area contributed by atoms with Crippen molar-refractivity contribution in [2.45, 2.75) is 12.6 Å². The Kier molecular flexibility index (Phi) is 3.06. The molecule has 0 heterocycles. The molecule has 60 valence electrons. The normalized spacial score (nSPS) is 19.5. The van der Waals surface area contributed by atoms with Gasteiger partial charge in [0.05, 0.1) is 0 Å². The molecular weight excluding hydrogens is 155 g/mol. The fourth-order valence-electron chi connectivity index (χ4n) is 0.359. The minimum absolute atomic E-state index is 0.919. The van der Waals surface area contributed by atoms with E-state index < -0.39 is 19.0 Å². The van der Waals surface area contributed by atoms with Gasteiger partial charge in [-0.15, -0.1) is 0 Å². The number of carbonyl (C=O) groups is 1. The number of carboxylic acid groups (broad SMARTS) is 1. The van der Waals surface area contributed by atoms with Crippen LogP contribution in [0.2, 0.25) is 0 Å². The molecule has 0 radical (unpaired) electrons. The summed E-state index contributed by atoms with van der Waals surface area (Å²) in [7, 11) is -1.67. The Morgan fingerprint density at radius 2 is 2.10 bits per heavy atom. The maximum absolute atomic E-state index is 11.1. The van der Waals surface area contributed by atoms with Gasteiger partial charge in [0.2, 0.25) is 7.37 Å². The molecule has 1 N–H and O–H groups in total. The molecule has 2 atom stereocenters. The van der Waals surface area contributed by atoms with Crippen molar-refractivity contribution in [3.05, 3.63) is 0 Å². The van der Waals surface area contributed by atoms with Crippen LogP contribution in [0, 0.1) is 0 Å². The SMILES string of the molecule is COP(C)(=O)C(C)C(=O)O. The molecule has 0 aromatic carbocycles. The van der Waals surface area contributed by atoms with E-state index in [0.717, 1.165) is 0 Å². The van der Waals surface area contributed by atoms with Gasteiger partial charge in [0, 0.05) is 13.8 Å². The zero-order valence-electron chi connectivity index (χ0n) is 6.20. The van der Waals surface area contributed by atoms with Gasteiger partial charge in [0.15, 0.2) is 0 Å². The first-order valence-electron chi connectivity index (χ1n) is 2.77. The molecule has 0 aromatic heterocycles. The van der Waals surface area contributed by atoms with Crippen LogP contribution in [0.25, 0.3) is 0 Å². The van der Waals surface area contributed by atoms with Gasteiger partial charge < -0.3 is 9.63 Å². The first kappa shape index (κ1) is 9.66. The van der Waals surface area contributed by atoms with Crippen LogP contribution in [0.4, 0.5) is 0 Å². The molecular formula is C5H11O4P.